The van der Waals surface area contributed by atoms with Crippen molar-refractivity contribution in [3.8, 4) is 0 Å². The lowest BCUT2D eigenvalue weighted by Crippen LogP contribution is -2.23. The van der Waals surface area contributed by atoms with E-state index in [1.165, 1.54) is 19.1 Å². The third-order valence-corrected chi connectivity index (χ3v) is 4.08. The van der Waals surface area contributed by atoms with Crippen molar-refractivity contribution in [2.24, 2.45) is 11.8 Å². The number of nitro groups is 1. The molecule has 108 valence electrons. The van der Waals surface area contributed by atoms with Gasteiger partial charge in [0, 0.05) is 36.5 Å². The molecule has 5 heteroatoms. The first-order valence-corrected chi connectivity index (χ1v) is 6.94. The van der Waals surface area contributed by atoms with Crippen LogP contribution < -0.4 is 4.90 Å². The van der Waals surface area contributed by atoms with Crippen molar-refractivity contribution >= 4 is 17.2 Å². The molecule has 1 aliphatic rings. The molecule has 0 saturated carbocycles. The highest BCUT2D eigenvalue weighted by Crippen LogP contribution is 2.32. The molecular formula is C15H20N2O3. The van der Waals surface area contributed by atoms with E-state index in [9.17, 15) is 14.9 Å². The van der Waals surface area contributed by atoms with Gasteiger partial charge in [-0.25, -0.2) is 0 Å². The molecule has 1 aliphatic heterocycles. The van der Waals surface area contributed by atoms with Gasteiger partial charge in [0.05, 0.1) is 4.92 Å². The van der Waals surface area contributed by atoms with Gasteiger partial charge in [-0.05, 0) is 31.2 Å². The van der Waals surface area contributed by atoms with E-state index in [2.05, 4.69) is 18.7 Å². The predicted molar refractivity (Wildman–Crippen MR) is 78.3 cm³/mol. The second-order valence-electron chi connectivity index (χ2n) is 5.75. The molecule has 0 spiro atoms. The summed E-state index contributed by atoms with van der Waals surface area (Å²) < 4.78 is 0. The summed E-state index contributed by atoms with van der Waals surface area (Å²) in [6.45, 7) is 7.68. The first-order valence-electron chi connectivity index (χ1n) is 6.94. The van der Waals surface area contributed by atoms with Crippen LogP contribution in [0.2, 0.25) is 0 Å². The number of carbonyl (C=O) groups is 1. The Kier molecular flexibility index (Phi) is 4.06. The molecule has 1 aromatic carbocycles. The maximum atomic E-state index is 11.8. The molecule has 1 aromatic rings. The molecule has 5 nitrogen and oxygen atoms in total. The van der Waals surface area contributed by atoms with Crippen LogP contribution in [-0.4, -0.2) is 23.8 Å². The fourth-order valence-corrected chi connectivity index (χ4v) is 2.75. The first-order chi connectivity index (χ1) is 9.40. The quantitative estimate of drug-likeness (QED) is 0.481. The topological polar surface area (TPSA) is 63.4 Å². The summed E-state index contributed by atoms with van der Waals surface area (Å²) in [6.07, 6.45) is 1.10. The largest absolute Gasteiger partial charge is 0.371 e. The van der Waals surface area contributed by atoms with E-state index in [1.54, 1.807) is 6.07 Å². The van der Waals surface area contributed by atoms with Crippen LogP contribution in [-0.2, 0) is 0 Å². The fourth-order valence-electron chi connectivity index (χ4n) is 2.75. The number of rotatable bonds is 4. The zero-order valence-corrected chi connectivity index (χ0v) is 12.1. The normalized spacial score (nSPS) is 18.6. The van der Waals surface area contributed by atoms with Crippen LogP contribution in [0.1, 0.15) is 37.6 Å². The molecule has 2 rings (SSSR count). The summed E-state index contributed by atoms with van der Waals surface area (Å²) in [6, 6.07) is 4.57. The number of nitrogens with zero attached hydrogens (tertiary/aromatic N) is 2. The smallest absolute Gasteiger partial charge is 0.270 e. The molecule has 1 atom stereocenters. The highest BCUT2D eigenvalue weighted by Gasteiger charge is 2.27. The highest BCUT2D eigenvalue weighted by molar-refractivity contribution is 6.00. The Hall–Kier alpha value is -1.91. The van der Waals surface area contributed by atoms with Gasteiger partial charge in [-0.15, -0.1) is 0 Å². The Morgan fingerprint density at radius 1 is 1.45 bits per heavy atom. The van der Waals surface area contributed by atoms with Crippen molar-refractivity contribution in [3.05, 3.63) is 33.9 Å². The predicted octanol–water partition coefficient (Wildman–Crippen LogP) is 3.28. The van der Waals surface area contributed by atoms with Gasteiger partial charge >= 0.3 is 0 Å². The molecule has 0 radical (unpaired) electrons. The number of non-ortho nitro benzene ring substituents is 1. The van der Waals surface area contributed by atoms with Crippen LogP contribution in [0.4, 0.5) is 11.4 Å². The number of carbonyl (C=O) groups excluding carboxylic acids is 1. The van der Waals surface area contributed by atoms with Crippen LogP contribution in [0, 0.1) is 22.0 Å². The fraction of sp³-hybridized carbons (Fsp3) is 0.533. The number of ketones is 1. The molecule has 1 heterocycles. The highest BCUT2D eigenvalue weighted by atomic mass is 16.6. The minimum atomic E-state index is -0.461. The van der Waals surface area contributed by atoms with Gasteiger partial charge in [0.1, 0.15) is 0 Å². The van der Waals surface area contributed by atoms with Crippen molar-refractivity contribution in [2.75, 3.05) is 18.0 Å². The van der Waals surface area contributed by atoms with E-state index in [0.29, 0.717) is 17.4 Å². The van der Waals surface area contributed by atoms with Gasteiger partial charge in [0.2, 0.25) is 0 Å². The van der Waals surface area contributed by atoms with Gasteiger partial charge in [-0.2, -0.15) is 0 Å². The van der Waals surface area contributed by atoms with Gasteiger partial charge < -0.3 is 4.90 Å². The number of nitro benzene ring substituents is 1. The molecule has 1 fully saturated rings. The van der Waals surface area contributed by atoms with E-state index in [1.807, 2.05) is 0 Å². The van der Waals surface area contributed by atoms with Crippen LogP contribution in [0.15, 0.2) is 18.2 Å². The standard InChI is InChI=1S/C15H20N2O3/c1-10(2)12-6-7-16(9-12)15-5-4-13(17(19)20)8-14(15)11(3)18/h4-5,8,10,12H,6-7,9H2,1-3H3. The zero-order valence-electron chi connectivity index (χ0n) is 12.1. The van der Waals surface area contributed by atoms with Crippen LogP contribution in [0.25, 0.3) is 0 Å². The Morgan fingerprint density at radius 2 is 2.15 bits per heavy atom. The Balaban J connectivity index is 2.32. The monoisotopic (exact) mass is 276 g/mol. The van der Waals surface area contributed by atoms with E-state index < -0.39 is 4.92 Å². The number of hydrogen-bond acceptors (Lipinski definition) is 4. The van der Waals surface area contributed by atoms with Crippen molar-refractivity contribution in [1.29, 1.82) is 0 Å². The van der Waals surface area contributed by atoms with Gasteiger partial charge in [-0.1, -0.05) is 13.8 Å². The summed E-state index contributed by atoms with van der Waals surface area (Å²) in [7, 11) is 0. The van der Waals surface area contributed by atoms with Crippen LogP contribution in [0.5, 0.6) is 0 Å². The molecule has 20 heavy (non-hydrogen) atoms. The average Bonchev–Trinajstić information content (AvgIpc) is 2.87. The SMILES string of the molecule is CC(=O)c1cc([N+](=O)[O-])ccc1N1CCC(C(C)C)C1. The second-order valence-corrected chi connectivity index (χ2v) is 5.75. The lowest BCUT2D eigenvalue weighted by atomic mass is 9.95. The summed E-state index contributed by atoms with van der Waals surface area (Å²) in [5.41, 5.74) is 1.24. The molecule has 1 saturated heterocycles. The van der Waals surface area contributed by atoms with E-state index >= 15 is 0 Å². The number of hydrogen-bond donors (Lipinski definition) is 0. The third-order valence-electron chi connectivity index (χ3n) is 4.08. The van der Waals surface area contributed by atoms with E-state index in [0.717, 1.165) is 25.2 Å². The summed E-state index contributed by atoms with van der Waals surface area (Å²) in [4.78, 5) is 24.3. The zero-order chi connectivity index (χ0) is 14.9. The second kappa shape index (κ2) is 5.61. The summed E-state index contributed by atoms with van der Waals surface area (Å²) in [5.74, 6) is 1.10. The Bertz CT molecular complexity index is 540. The average molecular weight is 276 g/mol. The Morgan fingerprint density at radius 3 is 2.65 bits per heavy atom. The van der Waals surface area contributed by atoms with Gasteiger partial charge in [-0.3, -0.25) is 14.9 Å². The maximum absolute atomic E-state index is 11.8. The van der Waals surface area contributed by atoms with Crippen LogP contribution in [0.3, 0.4) is 0 Å². The lowest BCUT2D eigenvalue weighted by molar-refractivity contribution is -0.384. The molecule has 0 aliphatic carbocycles. The van der Waals surface area contributed by atoms with Crippen molar-refractivity contribution in [1.82, 2.24) is 0 Å². The number of anilines is 1. The summed E-state index contributed by atoms with van der Waals surface area (Å²) in [5, 5.41) is 10.8. The molecule has 0 N–H and O–H groups in total. The van der Waals surface area contributed by atoms with E-state index in [-0.39, 0.29) is 11.5 Å². The molecular weight excluding hydrogens is 256 g/mol. The van der Waals surface area contributed by atoms with Crippen LogP contribution >= 0.6 is 0 Å². The first kappa shape index (κ1) is 14.5. The molecule has 0 aromatic heterocycles. The molecule has 0 amide bonds. The third kappa shape index (κ3) is 2.81. The Labute approximate surface area is 118 Å². The maximum Gasteiger partial charge on any atom is 0.270 e. The molecule has 0 bridgehead atoms. The minimum absolute atomic E-state index is 0.0291. The van der Waals surface area contributed by atoms with Gasteiger partial charge in [0.15, 0.2) is 5.78 Å². The number of benzene rings is 1. The summed E-state index contributed by atoms with van der Waals surface area (Å²) >= 11 is 0. The van der Waals surface area contributed by atoms with Crippen molar-refractivity contribution in [2.45, 2.75) is 27.2 Å². The number of Topliss-reactive ketones (excluding diaryl/α,β-unsaturated/α-hetero) is 1. The van der Waals surface area contributed by atoms with Crippen molar-refractivity contribution in [3.63, 3.8) is 0 Å². The van der Waals surface area contributed by atoms with Gasteiger partial charge in [0.25, 0.3) is 5.69 Å². The van der Waals surface area contributed by atoms with Crippen molar-refractivity contribution < 1.29 is 9.72 Å². The van der Waals surface area contributed by atoms with E-state index in [4.69, 9.17) is 0 Å². The minimum Gasteiger partial charge on any atom is -0.371 e. The lowest BCUT2D eigenvalue weighted by Gasteiger charge is -2.22. The molecule has 1 unspecified atom stereocenters.